The van der Waals surface area contributed by atoms with Crippen LogP contribution in [0.3, 0.4) is 0 Å². The van der Waals surface area contributed by atoms with E-state index in [-0.39, 0.29) is 20.0 Å². The van der Waals surface area contributed by atoms with E-state index in [0.717, 1.165) is 11.3 Å². The van der Waals surface area contributed by atoms with Gasteiger partial charge in [-0.3, -0.25) is 0 Å². The van der Waals surface area contributed by atoms with Crippen LogP contribution in [-0.2, 0) is 10.0 Å². The van der Waals surface area contributed by atoms with Crippen molar-refractivity contribution in [2.24, 2.45) is 5.10 Å². The van der Waals surface area contributed by atoms with Crippen molar-refractivity contribution in [3.8, 4) is 0 Å². The molecule has 0 bridgehead atoms. The monoisotopic (exact) mass is 405 g/mol. The van der Waals surface area contributed by atoms with E-state index in [4.69, 9.17) is 34.8 Å². The molecular weight excluding hydrogens is 393 g/mol. The van der Waals surface area contributed by atoms with E-state index in [0.29, 0.717) is 0 Å². The van der Waals surface area contributed by atoms with Crippen LogP contribution in [0.25, 0.3) is 0 Å². The summed E-state index contributed by atoms with van der Waals surface area (Å²) in [6.07, 6.45) is 1.39. The van der Waals surface area contributed by atoms with Crippen molar-refractivity contribution in [2.75, 3.05) is 19.0 Å². The molecule has 0 amide bonds. The van der Waals surface area contributed by atoms with Crippen molar-refractivity contribution >= 4 is 56.7 Å². The summed E-state index contributed by atoms with van der Waals surface area (Å²) in [5.41, 5.74) is 1.76. The molecule has 0 spiro atoms. The number of sulfonamides is 1. The normalized spacial score (nSPS) is 11.7. The first-order valence-electron chi connectivity index (χ1n) is 6.67. The molecule has 0 unspecified atom stereocenters. The Morgan fingerprint density at radius 3 is 2.17 bits per heavy atom. The molecule has 128 valence electrons. The van der Waals surface area contributed by atoms with Gasteiger partial charge in [-0.2, -0.15) is 13.5 Å². The number of hydrogen-bond donors (Lipinski definition) is 1. The highest BCUT2D eigenvalue weighted by Crippen LogP contribution is 2.31. The predicted octanol–water partition coefficient (Wildman–Crippen LogP) is 4.03. The lowest BCUT2D eigenvalue weighted by atomic mass is 10.2. The molecule has 2 rings (SSSR count). The minimum Gasteiger partial charge on any atom is -0.378 e. The zero-order valence-electron chi connectivity index (χ0n) is 12.8. The van der Waals surface area contributed by atoms with Gasteiger partial charge in [-0.05, 0) is 29.8 Å². The van der Waals surface area contributed by atoms with Gasteiger partial charge in [0.05, 0.1) is 21.3 Å². The molecule has 0 aliphatic heterocycles. The maximum atomic E-state index is 12.2. The Balaban J connectivity index is 2.17. The number of anilines is 1. The van der Waals surface area contributed by atoms with Crippen LogP contribution in [0, 0.1) is 0 Å². The summed E-state index contributed by atoms with van der Waals surface area (Å²) in [5.74, 6) is 0. The molecular formula is C15H14Cl3N3O2S. The van der Waals surface area contributed by atoms with Crippen LogP contribution in [0.15, 0.2) is 46.4 Å². The summed E-state index contributed by atoms with van der Waals surface area (Å²) < 4.78 is 24.5. The van der Waals surface area contributed by atoms with E-state index in [2.05, 4.69) is 9.93 Å². The van der Waals surface area contributed by atoms with Crippen LogP contribution in [-0.4, -0.2) is 28.7 Å². The van der Waals surface area contributed by atoms with Gasteiger partial charge in [-0.25, -0.2) is 4.83 Å². The first-order valence-corrected chi connectivity index (χ1v) is 9.29. The molecule has 0 atom stereocenters. The highest BCUT2D eigenvalue weighted by atomic mass is 35.5. The third-order valence-corrected chi connectivity index (χ3v) is 5.47. The third kappa shape index (κ3) is 4.54. The molecule has 2 aromatic carbocycles. The molecule has 0 saturated carbocycles. The zero-order chi connectivity index (χ0) is 17.9. The average molecular weight is 407 g/mol. The van der Waals surface area contributed by atoms with Crippen LogP contribution >= 0.6 is 34.8 Å². The number of rotatable bonds is 5. The van der Waals surface area contributed by atoms with Crippen molar-refractivity contribution in [2.45, 2.75) is 4.90 Å². The predicted molar refractivity (Wildman–Crippen MR) is 100 cm³/mol. The summed E-state index contributed by atoms with van der Waals surface area (Å²) in [4.78, 5) is 3.85. The van der Waals surface area contributed by atoms with E-state index in [9.17, 15) is 8.42 Å². The summed E-state index contributed by atoms with van der Waals surface area (Å²) in [5, 5.41) is 3.97. The lowest BCUT2D eigenvalue weighted by Gasteiger charge is -2.11. The molecule has 9 heteroatoms. The molecule has 1 N–H and O–H groups in total. The van der Waals surface area contributed by atoms with Crippen LogP contribution in [0.4, 0.5) is 5.69 Å². The zero-order valence-corrected chi connectivity index (χ0v) is 15.9. The van der Waals surface area contributed by atoms with E-state index in [1.807, 2.05) is 43.3 Å². The van der Waals surface area contributed by atoms with Gasteiger partial charge in [0.25, 0.3) is 10.0 Å². The number of hydrazone groups is 1. The first kappa shape index (κ1) is 18.9. The van der Waals surface area contributed by atoms with Crippen molar-refractivity contribution in [1.29, 1.82) is 0 Å². The molecule has 0 heterocycles. The van der Waals surface area contributed by atoms with Gasteiger partial charge in [-0.15, -0.1) is 0 Å². The lowest BCUT2D eigenvalue weighted by molar-refractivity contribution is 0.585. The standard InChI is InChI=1S/C15H14Cl3N3O2S/c1-21(2)11-5-3-10(4-6-11)9-19-20-24(22,23)15-8-13(17)12(16)7-14(15)18/h3-9,20H,1-2H3/b19-9-. The maximum absolute atomic E-state index is 12.2. The van der Waals surface area contributed by atoms with E-state index in [1.54, 1.807) is 0 Å². The fourth-order valence-corrected chi connectivity index (χ4v) is 3.58. The molecule has 2 aromatic rings. The second-order valence-corrected chi connectivity index (χ2v) is 7.89. The summed E-state index contributed by atoms with van der Waals surface area (Å²) in [6, 6.07) is 9.87. The summed E-state index contributed by atoms with van der Waals surface area (Å²) >= 11 is 17.5. The SMILES string of the molecule is CN(C)c1ccc(/C=N\NS(=O)(=O)c2cc(Cl)c(Cl)cc2Cl)cc1. The quantitative estimate of drug-likeness (QED) is 0.463. The fourth-order valence-electron chi connectivity index (χ4n) is 1.79. The number of halogens is 3. The van der Waals surface area contributed by atoms with Gasteiger partial charge in [0.1, 0.15) is 4.90 Å². The molecule has 0 aliphatic rings. The Bertz CT molecular complexity index is 866. The molecule has 0 aliphatic carbocycles. The topological polar surface area (TPSA) is 61.8 Å². The minimum absolute atomic E-state index is 0.0394. The van der Waals surface area contributed by atoms with Gasteiger partial charge < -0.3 is 4.90 Å². The number of nitrogens with zero attached hydrogens (tertiary/aromatic N) is 2. The Morgan fingerprint density at radius 1 is 1.00 bits per heavy atom. The Kier molecular flexibility index (Phi) is 5.98. The summed E-state index contributed by atoms with van der Waals surface area (Å²) in [6.45, 7) is 0. The van der Waals surface area contributed by atoms with Crippen LogP contribution < -0.4 is 9.73 Å². The molecule has 0 fully saturated rings. The third-order valence-electron chi connectivity index (χ3n) is 3.06. The van der Waals surface area contributed by atoms with Gasteiger partial charge in [-0.1, -0.05) is 46.9 Å². The van der Waals surface area contributed by atoms with E-state index in [1.165, 1.54) is 18.3 Å². The fraction of sp³-hybridized carbons (Fsp3) is 0.133. The highest BCUT2D eigenvalue weighted by molar-refractivity contribution is 7.89. The Morgan fingerprint density at radius 2 is 1.58 bits per heavy atom. The second-order valence-electron chi connectivity index (χ2n) is 5.04. The van der Waals surface area contributed by atoms with Crippen molar-refractivity contribution in [3.63, 3.8) is 0 Å². The highest BCUT2D eigenvalue weighted by Gasteiger charge is 2.19. The average Bonchev–Trinajstić information content (AvgIpc) is 2.51. The Labute approximate surface area is 155 Å². The van der Waals surface area contributed by atoms with Gasteiger partial charge >= 0.3 is 0 Å². The van der Waals surface area contributed by atoms with Gasteiger partial charge in [0, 0.05) is 19.8 Å². The number of hydrogen-bond acceptors (Lipinski definition) is 4. The van der Waals surface area contributed by atoms with Crippen molar-refractivity contribution in [1.82, 2.24) is 4.83 Å². The smallest absolute Gasteiger partial charge is 0.278 e. The van der Waals surface area contributed by atoms with Crippen LogP contribution in [0.5, 0.6) is 0 Å². The molecule has 24 heavy (non-hydrogen) atoms. The first-order chi connectivity index (χ1) is 11.2. The van der Waals surface area contributed by atoms with Crippen molar-refractivity contribution < 1.29 is 8.42 Å². The van der Waals surface area contributed by atoms with Crippen LogP contribution in [0.2, 0.25) is 15.1 Å². The molecule has 0 saturated heterocycles. The lowest BCUT2D eigenvalue weighted by Crippen LogP contribution is -2.18. The molecule has 0 aromatic heterocycles. The second kappa shape index (κ2) is 7.61. The number of benzene rings is 2. The minimum atomic E-state index is -3.95. The largest absolute Gasteiger partial charge is 0.378 e. The van der Waals surface area contributed by atoms with E-state index < -0.39 is 10.0 Å². The molecule has 0 radical (unpaired) electrons. The van der Waals surface area contributed by atoms with Gasteiger partial charge in [0.15, 0.2) is 0 Å². The summed E-state index contributed by atoms with van der Waals surface area (Å²) in [7, 11) is -0.0956. The Hall–Kier alpha value is -1.47. The van der Waals surface area contributed by atoms with Gasteiger partial charge in [0.2, 0.25) is 0 Å². The molecule has 5 nitrogen and oxygen atoms in total. The van der Waals surface area contributed by atoms with Crippen molar-refractivity contribution in [3.05, 3.63) is 57.0 Å². The maximum Gasteiger partial charge on any atom is 0.278 e. The number of nitrogens with one attached hydrogen (secondary N) is 1. The van der Waals surface area contributed by atoms with E-state index >= 15 is 0 Å². The van der Waals surface area contributed by atoms with Crippen LogP contribution in [0.1, 0.15) is 5.56 Å².